The standard InChI is InChI=1S/C19H22N6O.C2HF3O2/c1-14-4-5-16(10-15(14)2)19(26)24-7-3-8-25-18(12-24)17(21-22-25)11-23-9-6-20-13-23;3-2(4,5)1(6)7/h4-6,9-10,13H,3,7-8,11-12H2,1-2H3;(H,6,7). The lowest BCUT2D eigenvalue weighted by atomic mass is 10.1. The third-order valence-corrected chi connectivity index (χ3v) is 5.23. The van der Waals surface area contributed by atoms with Crippen LogP contribution in [0.5, 0.6) is 0 Å². The fourth-order valence-electron chi connectivity index (χ4n) is 3.30. The van der Waals surface area contributed by atoms with Crippen molar-refractivity contribution >= 4 is 11.9 Å². The van der Waals surface area contributed by atoms with E-state index >= 15 is 0 Å². The summed E-state index contributed by atoms with van der Waals surface area (Å²) in [5, 5.41) is 15.7. The second-order valence-corrected chi connectivity index (χ2v) is 7.62. The number of aliphatic carboxylic acids is 1. The summed E-state index contributed by atoms with van der Waals surface area (Å²) in [5.74, 6) is -2.69. The van der Waals surface area contributed by atoms with Gasteiger partial charge in [-0.2, -0.15) is 13.2 Å². The summed E-state index contributed by atoms with van der Waals surface area (Å²) >= 11 is 0. The minimum Gasteiger partial charge on any atom is -0.475 e. The summed E-state index contributed by atoms with van der Waals surface area (Å²) in [4.78, 5) is 27.9. The Hall–Kier alpha value is -3.70. The number of halogens is 3. The number of alkyl halides is 3. The number of carboxylic acids is 1. The van der Waals surface area contributed by atoms with E-state index in [1.165, 1.54) is 5.56 Å². The molecule has 4 rings (SSSR count). The fraction of sp³-hybridized carbons (Fsp3) is 0.381. The van der Waals surface area contributed by atoms with Crippen LogP contribution in [0.2, 0.25) is 0 Å². The third kappa shape index (κ3) is 5.96. The van der Waals surface area contributed by atoms with Crippen LogP contribution >= 0.6 is 0 Å². The number of carboxylic acid groups (broad SMARTS) is 1. The molecule has 1 aromatic carbocycles. The predicted octanol–water partition coefficient (Wildman–Crippen LogP) is 2.82. The molecular formula is C21H23F3N6O3. The van der Waals surface area contributed by atoms with Crippen molar-refractivity contribution in [1.29, 1.82) is 0 Å². The molecule has 0 fully saturated rings. The largest absolute Gasteiger partial charge is 0.490 e. The van der Waals surface area contributed by atoms with Crippen LogP contribution in [0.1, 0.15) is 39.3 Å². The summed E-state index contributed by atoms with van der Waals surface area (Å²) in [5.41, 5.74) is 4.97. The first-order valence-electron chi connectivity index (χ1n) is 10.1. The molecule has 1 aliphatic heterocycles. The molecule has 0 atom stereocenters. The average Bonchev–Trinajstić information content (AvgIpc) is 3.34. The van der Waals surface area contributed by atoms with Gasteiger partial charge in [0.2, 0.25) is 0 Å². The zero-order chi connectivity index (χ0) is 24.2. The number of rotatable bonds is 3. The highest BCUT2D eigenvalue weighted by molar-refractivity contribution is 5.94. The zero-order valence-corrected chi connectivity index (χ0v) is 18.1. The molecule has 0 bridgehead atoms. The molecule has 33 heavy (non-hydrogen) atoms. The zero-order valence-electron chi connectivity index (χ0n) is 18.1. The van der Waals surface area contributed by atoms with Gasteiger partial charge in [-0.1, -0.05) is 11.3 Å². The van der Waals surface area contributed by atoms with E-state index in [1.54, 1.807) is 12.5 Å². The molecule has 12 heteroatoms. The van der Waals surface area contributed by atoms with Crippen LogP contribution in [0.4, 0.5) is 13.2 Å². The Labute approximate surface area is 187 Å². The Balaban J connectivity index is 0.000000383. The van der Waals surface area contributed by atoms with Crippen LogP contribution in [0, 0.1) is 13.8 Å². The Morgan fingerprint density at radius 1 is 1.15 bits per heavy atom. The van der Waals surface area contributed by atoms with Crippen LogP contribution < -0.4 is 0 Å². The second-order valence-electron chi connectivity index (χ2n) is 7.62. The Morgan fingerprint density at radius 2 is 1.88 bits per heavy atom. The number of carbonyl (C=O) groups excluding carboxylic acids is 1. The van der Waals surface area contributed by atoms with Gasteiger partial charge in [0.15, 0.2) is 0 Å². The maximum atomic E-state index is 13.0. The van der Waals surface area contributed by atoms with Gasteiger partial charge in [0.1, 0.15) is 5.69 Å². The third-order valence-electron chi connectivity index (χ3n) is 5.23. The Bertz CT molecular complexity index is 1120. The SMILES string of the molecule is Cc1ccc(C(=O)N2CCCn3nnc(Cn4ccnc4)c3C2)cc1C.O=C(O)C(F)(F)F. The first-order valence-corrected chi connectivity index (χ1v) is 10.1. The minimum absolute atomic E-state index is 0.0660. The van der Waals surface area contributed by atoms with Crippen LogP contribution in [-0.4, -0.2) is 59.1 Å². The van der Waals surface area contributed by atoms with Crippen molar-refractivity contribution in [3.63, 3.8) is 0 Å². The van der Waals surface area contributed by atoms with Gasteiger partial charge >= 0.3 is 12.1 Å². The fourth-order valence-corrected chi connectivity index (χ4v) is 3.30. The molecule has 0 saturated heterocycles. The van der Waals surface area contributed by atoms with Gasteiger partial charge in [0.05, 0.1) is 25.1 Å². The lowest BCUT2D eigenvalue weighted by Gasteiger charge is -2.21. The Kier molecular flexibility index (Phi) is 7.14. The Morgan fingerprint density at radius 3 is 2.48 bits per heavy atom. The van der Waals surface area contributed by atoms with Crippen molar-refractivity contribution < 1.29 is 27.9 Å². The normalized spacial score (nSPS) is 13.5. The van der Waals surface area contributed by atoms with Gasteiger partial charge in [-0.15, -0.1) is 5.10 Å². The van der Waals surface area contributed by atoms with Crippen LogP contribution in [0.3, 0.4) is 0 Å². The van der Waals surface area contributed by atoms with Crippen LogP contribution in [0.25, 0.3) is 0 Å². The molecule has 3 heterocycles. The van der Waals surface area contributed by atoms with Crippen LogP contribution in [0.15, 0.2) is 36.9 Å². The molecule has 2 aromatic heterocycles. The highest BCUT2D eigenvalue weighted by atomic mass is 19.4. The first-order chi connectivity index (χ1) is 15.6. The van der Waals surface area contributed by atoms with E-state index in [0.29, 0.717) is 13.1 Å². The van der Waals surface area contributed by atoms with Crippen molar-refractivity contribution in [3.05, 3.63) is 65.0 Å². The van der Waals surface area contributed by atoms with E-state index in [-0.39, 0.29) is 5.91 Å². The van der Waals surface area contributed by atoms with Crippen molar-refractivity contribution in [3.8, 4) is 0 Å². The second kappa shape index (κ2) is 9.84. The number of imidazole rings is 1. The van der Waals surface area contributed by atoms with Crippen LogP contribution in [-0.2, 0) is 24.4 Å². The number of fused-ring (bicyclic) bond motifs is 1. The van der Waals surface area contributed by atoms with Gasteiger partial charge < -0.3 is 14.6 Å². The summed E-state index contributed by atoms with van der Waals surface area (Å²) in [6, 6.07) is 5.90. The summed E-state index contributed by atoms with van der Waals surface area (Å²) in [6.07, 6.45) is 1.20. The predicted molar refractivity (Wildman–Crippen MR) is 110 cm³/mol. The maximum absolute atomic E-state index is 13.0. The number of amides is 1. The van der Waals surface area contributed by atoms with Gasteiger partial charge in [-0.3, -0.25) is 4.79 Å². The number of hydrogen-bond acceptors (Lipinski definition) is 5. The smallest absolute Gasteiger partial charge is 0.475 e. The molecule has 3 aromatic rings. The molecule has 9 nitrogen and oxygen atoms in total. The molecule has 1 N–H and O–H groups in total. The van der Waals surface area contributed by atoms with Crippen molar-refractivity contribution in [2.24, 2.45) is 0 Å². The number of hydrogen-bond donors (Lipinski definition) is 1. The number of aromatic nitrogens is 5. The minimum atomic E-state index is -5.08. The highest BCUT2D eigenvalue weighted by Gasteiger charge is 2.38. The van der Waals surface area contributed by atoms with Gasteiger partial charge in [0, 0.05) is 31.0 Å². The molecular weight excluding hydrogens is 441 g/mol. The van der Waals surface area contributed by atoms with Gasteiger partial charge in [-0.25, -0.2) is 14.5 Å². The van der Waals surface area contributed by atoms with E-state index in [0.717, 1.165) is 42.0 Å². The topological polar surface area (TPSA) is 106 Å². The number of aryl methyl sites for hydroxylation is 3. The van der Waals surface area contributed by atoms with Crippen molar-refractivity contribution in [2.75, 3.05) is 6.54 Å². The molecule has 0 unspecified atom stereocenters. The number of benzene rings is 1. The summed E-state index contributed by atoms with van der Waals surface area (Å²) in [6.45, 7) is 6.74. The van der Waals surface area contributed by atoms with Crippen molar-refractivity contribution in [2.45, 2.75) is 46.1 Å². The molecule has 1 aliphatic rings. The molecule has 1 amide bonds. The quantitative estimate of drug-likeness (QED) is 0.639. The summed E-state index contributed by atoms with van der Waals surface area (Å²) in [7, 11) is 0. The highest BCUT2D eigenvalue weighted by Crippen LogP contribution is 2.19. The van der Waals surface area contributed by atoms with E-state index in [1.807, 2.05) is 45.5 Å². The molecule has 0 aliphatic carbocycles. The average molecular weight is 464 g/mol. The monoisotopic (exact) mass is 464 g/mol. The molecule has 0 spiro atoms. The maximum Gasteiger partial charge on any atom is 0.490 e. The van der Waals surface area contributed by atoms with E-state index in [2.05, 4.69) is 22.2 Å². The molecule has 0 saturated carbocycles. The molecule has 0 radical (unpaired) electrons. The van der Waals surface area contributed by atoms with E-state index in [9.17, 15) is 18.0 Å². The summed E-state index contributed by atoms with van der Waals surface area (Å²) < 4.78 is 35.6. The van der Waals surface area contributed by atoms with E-state index in [4.69, 9.17) is 9.90 Å². The van der Waals surface area contributed by atoms with Gasteiger partial charge in [-0.05, 0) is 43.5 Å². The van der Waals surface area contributed by atoms with Gasteiger partial charge in [0.25, 0.3) is 5.91 Å². The van der Waals surface area contributed by atoms with Crippen molar-refractivity contribution in [1.82, 2.24) is 29.4 Å². The molecule has 176 valence electrons. The van der Waals surface area contributed by atoms with E-state index < -0.39 is 12.1 Å². The lowest BCUT2D eigenvalue weighted by Crippen LogP contribution is -2.31. The first kappa shape index (κ1) is 24.0. The lowest BCUT2D eigenvalue weighted by molar-refractivity contribution is -0.192. The number of carbonyl (C=O) groups is 2. The number of nitrogens with zero attached hydrogens (tertiary/aromatic N) is 6.